The molecule has 1 aromatic carbocycles. The Labute approximate surface area is 134 Å². The molecule has 5 nitrogen and oxygen atoms in total. The Kier molecular flexibility index (Phi) is 6.36. The van der Waals surface area contributed by atoms with Gasteiger partial charge in [-0.15, -0.1) is 11.3 Å². The molecule has 1 heterocycles. The van der Waals surface area contributed by atoms with E-state index in [9.17, 15) is 4.79 Å². The molecule has 0 spiro atoms. The van der Waals surface area contributed by atoms with Crippen LogP contribution in [-0.4, -0.2) is 31.2 Å². The monoisotopic (exact) mass is 320 g/mol. The van der Waals surface area contributed by atoms with Crippen LogP contribution >= 0.6 is 11.3 Å². The van der Waals surface area contributed by atoms with E-state index in [1.807, 2.05) is 18.2 Å². The predicted molar refractivity (Wildman–Crippen MR) is 86.5 cm³/mol. The molecule has 0 fully saturated rings. The highest BCUT2D eigenvalue weighted by Crippen LogP contribution is 2.17. The molecule has 2 rings (SSSR count). The molecule has 0 saturated carbocycles. The molecule has 6 heteroatoms. The van der Waals surface area contributed by atoms with Gasteiger partial charge >= 0.3 is 0 Å². The van der Waals surface area contributed by atoms with Crippen LogP contribution in [0, 0.1) is 0 Å². The summed E-state index contributed by atoms with van der Waals surface area (Å²) < 4.78 is 10.6. The lowest BCUT2D eigenvalue weighted by Crippen LogP contribution is -2.27. The first-order valence-corrected chi connectivity index (χ1v) is 8.04. The molecule has 118 valence electrons. The van der Waals surface area contributed by atoms with Gasteiger partial charge in [-0.25, -0.2) is 4.98 Å². The summed E-state index contributed by atoms with van der Waals surface area (Å²) in [4.78, 5) is 16.1. The number of thiazole rings is 1. The first kappa shape index (κ1) is 16.5. The van der Waals surface area contributed by atoms with E-state index in [0.29, 0.717) is 25.5 Å². The highest BCUT2D eigenvalue weighted by atomic mass is 32.1. The fourth-order valence-electron chi connectivity index (χ4n) is 1.84. The van der Waals surface area contributed by atoms with E-state index in [1.54, 1.807) is 12.5 Å². The van der Waals surface area contributed by atoms with Crippen molar-refractivity contribution in [3.63, 3.8) is 0 Å². The topological polar surface area (TPSA) is 60.5 Å². The lowest BCUT2D eigenvalue weighted by Gasteiger charge is -2.05. The molecule has 22 heavy (non-hydrogen) atoms. The molecular weight excluding hydrogens is 300 g/mol. The van der Waals surface area contributed by atoms with Crippen molar-refractivity contribution in [2.24, 2.45) is 0 Å². The summed E-state index contributed by atoms with van der Waals surface area (Å²) in [6, 6.07) is 7.99. The molecule has 0 saturated heterocycles. The van der Waals surface area contributed by atoms with Gasteiger partial charge < -0.3 is 14.8 Å². The first-order valence-electron chi connectivity index (χ1n) is 7.16. The fourth-order valence-corrected chi connectivity index (χ4v) is 2.52. The zero-order valence-corrected chi connectivity index (χ0v) is 13.6. The molecule has 0 atom stereocenters. The van der Waals surface area contributed by atoms with Crippen LogP contribution in [0.3, 0.4) is 0 Å². The zero-order chi connectivity index (χ0) is 15.8. The molecule has 0 unspecified atom stereocenters. The second-order valence-corrected chi connectivity index (χ2v) is 5.61. The summed E-state index contributed by atoms with van der Waals surface area (Å²) >= 11 is 1.42. The predicted octanol–water partition coefficient (Wildman–Crippen LogP) is 2.66. The van der Waals surface area contributed by atoms with Gasteiger partial charge in [-0.05, 0) is 24.1 Å². The number of nitrogens with zero attached hydrogens (tertiary/aromatic N) is 1. The molecule has 2 aromatic rings. The molecule has 0 aliphatic rings. The van der Waals surface area contributed by atoms with Crippen molar-refractivity contribution in [3.8, 4) is 5.75 Å². The Morgan fingerprint density at radius 3 is 3.05 bits per heavy atom. The molecule has 0 radical (unpaired) electrons. The third kappa shape index (κ3) is 4.82. The number of carbonyl (C=O) groups is 1. The van der Waals surface area contributed by atoms with Crippen LogP contribution in [-0.2, 0) is 17.8 Å². The van der Waals surface area contributed by atoms with Gasteiger partial charge in [-0.3, -0.25) is 4.79 Å². The van der Waals surface area contributed by atoms with Crippen LogP contribution in [0.15, 0.2) is 29.6 Å². The van der Waals surface area contributed by atoms with E-state index >= 15 is 0 Å². The van der Waals surface area contributed by atoms with Crippen molar-refractivity contribution < 1.29 is 14.3 Å². The van der Waals surface area contributed by atoms with Gasteiger partial charge in [-0.1, -0.05) is 19.1 Å². The van der Waals surface area contributed by atoms with E-state index in [-0.39, 0.29) is 5.91 Å². The zero-order valence-electron chi connectivity index (χ0n) is 12.8. The molecule has 0 bridgehead atoms. The maximum atomic E-state index is 11.8. The third-order valence-electron chi connectivity index (χ3n) is 3.05. The average molecular weight is 320 g/mol. The second kappa shape index (κ2) is 8.51. The Morgan fingerprint density at radius 2 is 2.27 bits per heavy atom. The fraction of sp³-hybridized carbons (Fsp3) is 0.375. The van der Waals surface area contributed by atoms with E-state index in [2.05, 4.69) is 23.3 Å². The summed E-state index contributed by atoms with van der Waals surface area (Å²) in [5.74, 6) is 0.633. The van der Waals surface area contributed by atoms with Crippen LogP contribution in [0.5, 0.6) is 5.75 Å². The molecule has 0 aliphatic heterocycles. The van der Waals surface area contributed by atoms with E-state index in [4.69, 9.17) is 9.47 Å². The van der Waals surface area contributed by atoms with Crippen molar-refractivity contribution in [2.45, 2.75) is 20.0 Å². The van der Waals surface area contributed by atoms with Crippen molar-refractivity contribution in [1.82, 2.24) is 10.3 Å². The lowest BCUT2D eigenvalue weighted by atomic mass is 10.2. The number of rotatable bonds is 8. The SMILES string of the molecule is CCc1cccc(OCc2nc(C(=O)NCCOC)cs2)c1. The maximum Gasteiger partial charge on any atom is 0.270 e. The molecule has 1 N–H and O–H groups in total. The van der Waals surface area contributed by atoms with Crippen molar-refractivity contribution in [3.05, 3.63) is 45.9 Å². The largest absolute Gasteiger partial charge is 0.486 e. The van der Waals surface area contributed by atoms with Gasteiger partial charge in [0.25, 0.3) is 5.91 Å². The van der Waals surface area contributed by atoms with Gasteiger partial charge in [0.2, 0.25) is 0 Å². The Balaban J connectivity index is 1.87. The molecular formula is C16H20N2O3S. The minimum atomic E-state index is -0.187. The Bertz CT molecular complexity index is 613. The maximum absolute atomic E-state index is 11.8. The molecule has 1 amide bonds. The quantitative estimate of drug-likeness (QED) is 0.760. The first-order chi connectivity index (χ1) is 10.7. The molecule has 1 aromatic heterocycles. The Hall–Kier alpha value is -1.92. The minimum absolute atomic E-state index is 0.187. The van der Waals surface area contributed by atoms with Crippen molar-refractivity contribution in [2.75, 3.05) is 20.3 Å². The smallest absolute Gasteiger partial charge is 0.270 e. The van der Waals surface area contributed by atoms with E-state index in [0.717, 1.165) is 17.2 Å². The summed E-state index contributed by atoms with van der Waals surface area (Å²) in [5.41, 5.74) is 1.65. The highest BCUT2D eigenvalue weighted by molar-refractivity contribution is 7.09. The van der Waals surface area contributed by atoms with Crippen LogP contribution in [0.4, 0.5) is 0 Å². The standard InChI is InChI=1S/C16H20N2O3S/c1-3-12-5-4-6-13(9-12)21-10-15-18-14(11-22-15)16(19)17-7-8-20-2/h4-6,9,11H,3,7-8,10H2,1-2H3,(H,17,19). The number of aromatic nitrogens is 1. The minimum Gasteiger partial charge on any atom is -0.486 e. The highest BCUT2D eigenvalue weighted by Gasteiger charge is 2.10. The number of amides is 1. The number of benzene rings is 1. The number of hydrogen-bond donors (Lipinski definition) is 1. The molecule has 0 aliphatic carbocycles. The number of methoxy groups -OCH3 is 1. The van der Waals surface area contributed by atoms with Gasteiger partial charge in [0.15, 0.2) is 0 Å². The van der Waals surface area contributed by atoms with E-state index < -0.39 is 0 Å². The van der Waals surface area contributed by atoms with Crippen LogP contribution in [0.2, 0.25) is 0 Å². The number of carbonyl (C=O) groups excluding carboxylic acids is 1. The normalized spacial score (nSPS) is 10.5. The van der Waals surface area contributed by atoms with Crippen molar-refractivity contribution in [1.29, 1.82) is 0 Å². The van der Waals surface area contributed by atoms with E-state index in [1.165, 1.54) is 16.9 Å². The number of nitrogens with one attached hydrogen (secondary N) is 1. The number of hydrogen-bond acceptors (Lipinski definition) is 5. The Morgan fingerprint density at radius 1 is 1.41 bits per heavy atom. The lowest BCUT2D eigenvalue weighted by molar-refractivity contribution is 0.0932. The van der Waals surface area contributed by atoms with Crippen LogP contribution in [0.25, 0.3) is 0 Å². The van der Waals surface area contributed by atoms with Gasteiger partial charge in [0.1, 0.15) is 23.1 Å². The average Bonchev–Trinajstić information content (AvgIpc) is 3.02. The summed E-state index contributed by atoms with van der Waals surface area (Å²) in [5, 5.41) is 5.26. The van der Waals surface area contributed by atoms with Crippen molar-refractivity contribution >= 4 is 17.2 Å². The third-order valence-corrected chi connectivity index (χ3v) is 3.87. The van der Waals surface area contributed by atoms with Gasteiger partial charge in [-0.2, -0.15) is 0 Å². The number of aryl methyl sites for hydroxylation is 1. The van der Waals surface area contributed by atoms with Crippen LogP contribution < -0.4 is 10.1 Å². The van der Waals surface area contributed by atoms with Gasteiger partial charge in [0, 0.05) is 19.0 Å². The summed E-state index contributed by atoms with van der Waals surface area (Å²) in [7, 11) is 1.60. The van der Waals surface area contributed by atoms with Gasteiger partial charge in [0.05, 0.1) is 6.61 Å². The summed E-state index contributed by atoms with van der Waals surface area (Å²) in [6.45, 7) is 3.43. The second-order valence-electron chi connectivity index (χ2n) is 4.66. The summed E-state index contributed by atoms with van der Waals surface area (Å²) in [6.07, 6.45) is 0.972. The number of ether oxygens (including phenoxy) is 2. The van der Waals surface area contributed by atoms with Crippen LogP contribution in [0.1, 0.15) is 28.0 Å².